The molecule has 1 aromatic rings. The summed E-state index contributed by atoms with van der Waals surface area (Å²) < 4.78 is 18.3. The van der Waals surface area contributed by atoms with Crippen molar-refractivity contribution in [3.8, 4) is 0 Å². The third kappa shape index (κ3) is 4.96. The Bertz CT molecular complexity index is 399. The molecule has 104 valence electrons. The number of thioether (sulfide) groups is 1. The summed E-state index contributed by atoms with van der Waals surface area (Å²) in [5, 5.41) is 0. The number of rotatable bonds is 7. The van der Waals surface area contributed by atoms with Crippen molar-refractivity contribution in [1.82, 2.24) is 0 Å². The molecule has 2 nitrogen and oxygen atoms in total. The summed E-state index contributed by atoms with van der Waals surface area (Å²) in [6.45, 7) is 0.897. The first-order valence-corrected chi connectivity index (χ1v) is 7.89. The van der Waals surface area contributed by atoms with Gasteiger partial charge in [0.05, 0.1) is 6.10 Å². The summed E-state index contributed by atoms with van der Waals surface area (Å²) in [7, 11) is 0. The van der Waals surface area contributed by atoms with Gasteiger partial charge in [-0.25, -0.2) is 4.39 Å². The summed E-state index contributed by atoms with van der Waals surface area (Å²) >= 11 is 1.85. The van der Waals surface area contributed by atoms with E-state index >= 15 is 0 Å². The fourth-order valence-electron chi connectivity index (χ4n) is 2.11. The molecule has 0 radical (unpaired) electrons. The first kappa shape index (κ1) is 14.5. The van der Waals surface area contributed by atoms with Crippen molar-refractivity contribution in [2.45, 2.75) is 31.8 Å². The molecule has 2 rings (SSSR count). The topological polar surface area (TPSA) is 26.3 Å². The first-order valence-electron chi connectivity index (χ1n) is 6.74. The molecule has 0 bridgehead atoms. The summed E-state index contributed by atoms with van der Waals surface area (Å²) in [6.07, 6.45) is 4.16. The molecular formula is C15H19FO2S. The lowest BCUT2D eigenvalue weighted by molar-refractivity contribution is 0.0982. The van der Waals surface area contributed by atoms with Gasteiger partial charge in [0.15, 0.2) is 5.78 Å². The van der Waals surface area contributed by atoms with E-state index < -0.39 is 0 Å². The SMILES string of the molecule is O=C(CCCSCC1CCCO1)c1ccc(F)cc1. The number of hydrogen-bond donors (Lipinski definition) is 0. The fraction of sp³-hybridized carbons (Fsp3) is 0.533. The molecule has 0 aromatic heterocycles. The van der Waals surface area contributed by atoms with E-state index in [1.54, 1.807) is 12.1 Å². The molecule has 1 aromatic carbocycles. The zero-order valence-corrected chi connectivity index (χ0v) is 11.8. The van der Waals surface area contributed by atoms with Crippen molar-refractivity contribution in [3.05, 3.63) is 35.6 Å². The van der Waals surface area contributed by atoms with Crippen LogP contribution in [0.2, 0.25) is 0 Å². The number of ketones is 1. The van der Waals surface area contributed by atoms with Crippen LogP contribution in [0.4, 0.5) is 4.39 Å². The quantitative estimate of drug-likeness (QED) is 0.563. The summed E-state index contributed by atoms with van der Waals surface area (Å²) in [5.41, 5.74) is 0.602. The highest BCUT2D eigenvalue weighted by molar-refractivity contribution is 7.99. The van der Waals surface area contributed by atoms with Crippen LogP contribution >= 0.6 is 11.8 Å². The van der Waals surface area contributed by atoms with E-state index in [1.165, 1.54) is 25.0 Å². The highest BCUT2D eigenvalue weighted by atomic mass is 32.2. The maximum Gasteiger partial charge on any atom is 0.162 e. The second-order valence-corrected chi connectivity index (χ2v) is 5.89. The molecule has 1 heterocycles. The number of carbonyl (C=O) groups is 1. The van der Waals surface area contributed by atoms with E-state index in [2.05, 4.69) is 0 Å². The van der Waals surface area contributed by atoms with Gasteiger partial charge in [-0.3, -0.25) is 4.79 Å². The van der Waals surface area contributed by atoms with Gasteiger partial charge in [0.2, 0.25) is 0 Å². The van der Waals surface area contributed by atoms with E-state index in [0.29, 0.717) is 18.1 Å². The Hall–Kier alpha value is -0.870. The average Bonchev–Trinajstić information content (AvgIpc) is 2.92. The predicted octanol–water partition coefficient (Wildman–Crippen LogP) is 3.70. The number of Topliss-reactive ketones (excluding diaryl/α,β-unsaturated/α-hetero) is 1. The van der Waals surface area contributed by atoms with Crippen LogP contribution in [-0.4, -0.2) is 30.0 Å². The van der Waals surface area contributed by atoms with Gasteiger partial charge in [-0.15, -0.1) is 0 Å². The van der Waals surface area contributed by atoms with E-state index in [4.69, 9.17) is 4.74 Å². The van der Waals surface area contributed by atoms with Gasteiger partial charge < -0.3 is 4.74 Å². The zero-order chi connectivity index (χ0) is 13.5. The van der Waals surface area contributed by atoms with Crippen molar-refractivity contribution in [2.75, 3.05) is 18.1 Å². The van der Waals surface area contributed by atoms with Gasteiger partial charge >= 0.3 is 0 Å². The predicted molar refractivity (Wildman–Crippen MR) is 76.3 cm³/mol. The van der Waals surface area contributed by atoms with Gasteiger partial charge in [-0.2, -0.15) is 11.8 Å². The molecule has 1 unspecified atom stereocenters. The summed E-state index contributed by atoms with van der Waals surface area (Å²) in [6, 6.07) is 5.77. The molecule has 1 aliphatic heterocycles. The molecule has 19 heavy (non-hydrogen) atoms. The van der Waals surface area contributed by atoms with E-state index in [9.17, 15) is 9.18 Å². The van der Waals surface area contributed by atoms with Crippen LogP contribution < -0.4 is 0 Å². The fourth-order valence-corrected chi connectivity index (χ4v) is 3.15. The van der Waals surface area contributed by atoms with Crippen LogP contribution in [0.3, 0.4) is 0 Å². The lowest BCUT2D eigenvalue weighted by Crippen LogP contribution is -2.08. The minimum absolute atomic E-state index is 0.0951. The van der Waals surface area contributed by atoms with Crippen LogP contribution in [0.15, 0.2) is 24.3 Å². The highest BCUT2D eigenvalue weighted by Crippen LogP contribution is 2.18. The standard InChI is InChI=1S/C15H19FO2S/c16-13-7-5-12(6-8-13)15(17)4-2-10-19-11-14-3-1-9-18-14/h5-8,14H,1-4,9-11H2. The van der Waals surface area contributed by atoms with Gasteiger partial charge in [-0.1, -0.05) is 0 Å². The lowest BCUT2D eigenvalue weighted by Gasteiger charge is -2.08. The summed E-state index contributed by atoms with van der Waals surface area (Å²) in [5.74, 6) is 1.80. The minimum Gasteiger partial charge on any atom is -0.377 e. The molecule has 0 aliphatic carbocycles. The maximum absolute atomic E-state index is 12.7. The van der Waals surface area contributed by atoms with Crippen molar-refractivity contribution >= 4 is 17.5 Å². The van der Waals surface area contributed by atoms with Crippen molar-refractivity contribution in [2.24, 2.45) is 0 Å². The van der Waals surface area contributed by atoms with Crippen molar-refractivity contribution < 1.29 is 13.9 Å². The van der Waals surface area contributed by atoms with E-state index in [1.807, 2.05) is 11.8 Å². The highest BCUT2D eigenvalue weighted by Gasteiger charge is 2.14. The second-order valence-electron chi connectivity index (χ2n) is 4.74. The molecule has 1 aliphatic rings. The Labute approximate surface area is 117 Å². The molecule has 4 heteroatoms. The Morgan fingerprint density at radius 2 is 2.16 bits per heavy atom. The van der Waals surface area contributed by atoms with Gasteiger partial charge in [0.1, 0.15) is 5.82 Å². The van der Waals surface area contributed by atoms with Crippen LogP contribution in [0.1, 0.15) is 36.0 Å². The number of hydrogen-bond acceptors (Lipinski definition) is 3. The van der Waals surface area contributed by atoms with Gasteiger partial charge in [0.25, 0.3) is 0 Å². The van der Waals surface area contributed by atoms with Crippen molar-refractivity contribution in [3.63, 3.8) is 0 Å². The summed E-state index contributed by atoms with van der Waals surface area (Å²) in [4.78, 5) is 11.8. The Kier molecular flexibility index (Phi) is 5.86. The molecule has 0 saturated carbocycles. The van der Waals surface area contributed by atoms with Crippen LogP contribution in [0.5, 0.6) is 0 Å². The largest absolute Gasteiger partial charge is 0.377 e. The number of benzene rings is 1. The number of halogens is 1. The minimum atomic E-state index is -0.302. The van der Waals surface area contributed by atoms with Gasteiger partial charge in [-0.05, 0) is 49.3 Å². The molecule has 1 saturated heterocycles. The van der Waals surface area contributed by atoms with Gasteiger partial charge in [0, 0.05) is 24.3 Å². The Morgan fingerprint density at radius 3 is 2.84 bits per heavy atom. The molecule has 0 N–H and O–H groups in total. The third-order valence-electron chi connectivity index (χ3n) is 3.19. The number of ether oxygens (including phenoxy) is 1. The van der Waals surface area contributed by atoms with Crippen LogP contribution in [0, 0.1) is 5.82 Å². The van der Waals surface area contributed by atoms with Crippen LogP contribution in [0.25, 0.3) is 0 Å². The van der Waals surface area contributed by atoms with Crippen molar-refractivity contribution in [1.29, 1.82) is 0 Å². The second kappa shape index (κ2) is 7.65. The third-order valence-corrected chi connectivity index (χ3v) is 4.37. The normalized spacial score (nSPS) is 18.7. The lowest BCUT2D eigenvalue weighted by atomic mass is 10.1. The zero-order valence-electron chi connectivity index (χ0n) is 10.9. The van der Waals surface area contributed by atoms with E-state index in [0.717, 1.165) is 24.5 Å². The molecule has 0 amide bonds. The Morgan fingerprint density at radius 1 is 1.37 bits per heavy atom. The monoisotopic (exact) mass is 282 g/mol. The molecule has 1 atom stereocenters. The molecule has 0 spiro atoms. The van der Waals surface area contributed by atoms with Crippen LogP contribution in [-0.2, 0) is 4.74 Å². The maximum atomic E-state index is 12.7. The van der Waals surface area contributed by atoms with E-state index in [-0.39, 0.29) is 11.6 Å². The first-order chi connectivity index (χ1) is 9.25. The number of carbonyl (C=O) groups excluding carboxylic acids is 1. The molecule has 1 fully saturated rings. The Balaban J connectivity index is 1.59. The smallest absolute Gasteiger partial charge is 0.162 e. The molecular weight excluding hydrogens is 263 g/mol. The average molecular weight is 282 g/mol.